The van der Waals surface area contributed by atoms with Gasteiger partial charge in [-0.15, -0.1) is 0 Å². The monoisotopic (exact) mass is 430 g/mol. The molecule has 6 heteroatoms. The molecule has 0 unspecified atom stereocenters. The second-order valence-corrected chi connectivity index (χ2v) is 8.19. The topological polar surface area (TPSA) is 67.4 Å². The molecule has 2 heterocycles. The molecule has 1 aliphatic rings. The molecule has 1 saturated heterocycles. The summed E-state index contributed by atoms with van der Waals surface area (Å²) in [6, 6.07) is 18.1. The number of aromatic nitrogens is 2. The second-order valence-electron chi connectivity index (χ2n) is 8.19. The SMILES string of the molecule is CCc1ccc(Oc2nccnc2N2CCC(C(=O)N[C@@H](C)c3ccccc3)CC2)cc1. The number of anilines is 1. The normalized spacial score (nSPS) is 15.2. The minimum absolute atomic E-state index is 0.0000373. The van der Waals surface area contributed by atoms with Crippen LogP contribution < -0.4 is 15.0 Å². The van der Waals surface area contributed by atoms with Gasteiger partial charge in [0.1, 0.15) is 5.75 Å². The number of carbonyl (C=O) groups excluding carboxylic acids is 1. The van der Waals surface area contributed by atoms with Crippen molar-refractivity contribution in [1.29, 1.82) is 0 Å². The molecule has 32 heavy (non-hydrogen) atoms. The lowest BCUT2D eigenvalue weighted by atomic mass is 9.95. The number of rotatable bonds is 7. The first-order chi connectivity index (χ1) is 15.6. The van der Waals surface area contributed by atoms with E-state index in [9.17, 15) is 4.79 Å². The lowest BCUT2D eigenvalue weighted by Crippen LogP contribution is -2.41. The van der Waals surface area contributed by atoms with Crippen molar-refractivity contribution in [3.8, 4) is 11.6 Å². The predicted molar refractivity (Wildman–Crippen MR) is 126 cm³/mol. The molecule has 0 spiro atoms. The van der Waals surface area contributed by atoms with E-state index >= 15 is 0 Å². The molecule has 3 aromatic rings. The van der Waals surface area contributed by atoms with Gasteiger partial charge in [0.25, 0.3) is 5.88 Å². The number of hydrogen-bond donors (Lipinski definition) is 1. The fourth-order valence-electron chi connectivity index (χ4n) is 4.02. The molecule has 1 fully saturated rings. The third kappa shape index (κ3) is 5.25. The Bertz CT molecular complexity index is 1020. The van der Waals surface area contributed by atoms with Gasteiger partial charge in [0.2, 0.25) is 5.91 Å². The second kappa shape index (κ2) is 10.3. The summed E-state index contributed by atoms with van der Waals surface area (Å²) in [6.07, 6.45) is 5.86. The van der Waals surface area contributed by atoms with Crippen LogP contribution in [0.5, 0.6) is 11.6 Å². The summed E-state index contributed by atoms with van der Waals surface area (Å²) in [5.74, 6) is 2.08. The smallest absolute Gasteiger partial charge is 0.263 e. The maximum Gasteiger partial charge on any atom is 0.263 e. The van der Waals surface area contributed by atoms with Gasteiger partial charge in [-0.3, -0.25) is 4.79 Å². The minimum Gasteiger partial charge on any atom is -0.436 e. The van der Waals surface area contributed by atoms with Crippen molar-refractivity contribution in [2.24, 2.45) is 5.92 Å². The Hall–Kier alpha value is -3.41. The standard InChI is InChI=1S/C26H30N4O2/c1-3-20-9-11-23(12-10-20)32-26-24(27-15-16-28-26)30-17-13-22(14-18-30)25(31)29-19(2)21-7-5-4-6-8-21/h4-12,15-16,19,22H,3,13-14,17-18H2,1-2H3,(H,29,31)/t19-/m0/s1. The molecule has 0 radical (unpaired) electrons. The van der Waals surface area contributed by atoms with Gasteiger partial charge >= 0.3 is 0 Å². The van der Waals surface area contributed by atoms with Crippen LogP contribution in [0.15, 0.2) is 67.0 Å². The maximum absolute atomic E-state index is 12.8. The van der Waals surface area contributed by atoms with E-state index in [2.05, 4.69) is 39.2 Å². The van der Waals surface area contributed by atoms with Crippen molar-refractivity contribution in [3.63, 3.8) is 0 Å². The number of hydrogen-bond acceptors (Lipinski definition) is 5. The Morgan fingerprint density at radius 2 is 1.75 bits per heavy atom. The summed E-state index contributed by atoms with van der Waals surface area (Å²) in [5, 5.41) is 3.16. The van der Waals surface area contributed by atoms with Gasteiger partial charge < -0.3 is 15.0 Å². The molecule has 1 aliphatic heterocycles. The molecular formula is C26H30N4O2. The first-order valence-corrected chi connectivity index (χ1v) is 11.3. The predicted octanol–water partition coefficient (Wildman–Crippen LogP) is 4.93. The van der Waals surface area contributed by atoms with Crippen molar-refractivity contribution < 1.29 is 9.53 Å². The molecule has 6 nitrogen and oxygen atoms in total. The zero-order valence-corrected chi connectivity index (χ0v) is 18.7. The lowest BCUT2D eigenvalue weighted by molar-refractivity contribution is -0.126. The third-order valence-electron chi connectivity index (χ3n) is 6.02. The maximum atomic E-state index is 12.8. The Labute approximate surface area is 189 Å². The van der Waals surface area contributed by atoms with Crippen molar-refractivity contribution in [2.75, 3.05) is 18.0 Å². The minimum atomic E-state index is 0.0000373. The molecule has 4 rings (SSSR count). The van der Waals surface area contributed by atoms with Crippen LogP contribution in [0.4, 0.5) is 5.82 Å². The summed E-state index contributed by atoms with van der Waals surface area (Å²) in [5.41, 5.74) is 2.38. The molecule has 0 saturated carbocycles. The molecule has 1 N–H and O–H groups in total. The Morgan fingerprint density at radius 1 is 1.06 bits per heavy atom. The molecule has 0 aliphatic carbocycles. The number of nitrogens with one attached hydrogen (secondary N) is 1. The quantitative estimate of drug-likeness (QED) is 0.576. The summed E-state index contributed by atoms with van der Waals surface area (Å²) in [7, 11) is 0. The molecular weight excluding hydrogens is 400 g/mol. The summed E-state index contributed by atoms with van der Waals surface area (Å²) >= 11 is 0. The molecule has 166 valence electrons. The van der Waals surface area contributed by atoms with E-state index in [4.69, 9.17) is 4.74 Å². The molecule has 1 aromatic heterocycles. The molecule has 0 bridgehead atoms. The van der Waals surface area contributed by atoms with Crippen molar-refractivity contribution >= 4 is 11.7 Å². The Kier molecular flexibility index (Phi) is 7.00. The zero-order chi connectivity index (χ0) is 22.3. The molecule has 1 amide bonds. The van der Waals surface area contributed by atoms with E-state index in [-0.39, 0.29) is 17.9 Å². The Balaban J connectivity index is 1.36. The van der Waals surface area contributed by atoms with Gasteiger partial charge in [0, 0.05) is 31.4 Å². The van der Waals surface area contributed by atoms with Crippen LogP contribution in [-0.4, -0.2) is 29.0 Å². The van der Waals surface area contributed by atoms with Crippen LogP contribution in [0.25, 0.3) is 0 Å². The highest BCUT2D eigenvalue weighted by atomic mass is 16.5. The molecule has 1 atom stereocenters. The average Bonchev–Trinajstić information content (AvgIpc) is 2.85. The first-order valence-electron chi connectivity index (χ1n) is 11.3. The first kappa shape index (κ1) is 21.8. The number of amides is 1. The van der Waals surface area contributed by atoms with Crippen LogP contribution in [0, 0.1) is 5.92 Å². The van der Waals surface area contributed by atoms with E-state index in [0.717, 1.165) is 49.5 Å². The van der Waals surface area contributed by atoms with E-state index in [1.807, 2.05) is 49.4 Å². The number of piperidine rings is 1. The van der Waals surface area contributed by atoms with Crippen LogP contribution in [0.2, 0.25) is 0 Å². The largest absolute Gasteiger partial charge is 0.436 e. The van der Waals surface area contributed by atoms with Crippen molar-refractivity contribution in [2.45, 2.75) is 39.2 Å². The van der Waals surface area contributed by atoms with Crippen LogP contribution in [0.1, 0.15) is 43.9 Å². The van der Waals surface area contributed by atoms with Gasteiger partial charge in [-0.1, -0.05) is 49.4 Å². The summed E-state index contributed by atoms with van der Waals surface area (Å²) < 4.78 is 6.04. The van der Waals surface area contributed by atoms with Crippen molar-refractivity contribution in [1.82, 2.24) is 15.3 Å². The highest BCUT2D eigenvalue weighted by Gasteiger charge is 2.28. The fourth-order valence-corrected chi connectivity index (χ4v) is 4.02. The number of carbonyl (C=O) groups is 1. The number of aryl methyl sites for hydroxylation is 1. The fraction of sp³-hybridized carbons (Fsp3) is 0.346. The van der Waals surface area contributed by atoms with Crippen LogP contribution >= 0.6 is 0 Å². The lowest BCUT2D eigenvalue weighted by Gasteiger charge is -2.33. The number of ether oxygens (including phenoxy) is 1. The summed E-state index contributed by atoms with van der Waals surface area (Å²) in [6.45, 7) is 5.63. The van der Waals surface area contributed by atoms with Crippen molar-refractivity contribution in [3.05, 3.63) is 78.1 Å². The Morgan fingerprint density at radius 3 is 2.44 bits per heavy atom. The molecule has 2 aromatic carbocycles. The van der Waals surface area contributed by atoms with Gasteiger partial charge in [0.15, 0.2) is 5.82 Å². The van der Waals surface area contributed by atoms with Gasteiger partial charge in [-0.2, -0.15) is 0 Å². The van der Waals surface area contributed by atoms with Crippen LogP contribution in [0.3, 0.4) is 0 Å². The summed E-state index contributed by atoms with van der Waals surface area (Å²) in [4.78, 5) is 23.9. The third-order valence-corrected chi connectivity index (χ3v) is 6.02. The van der Waals surface area contributed by atoms with Gasteiger partial charge in [0.05, 0.1) is 6.04 Å². The highest BCUT2D eigenvalue weighted by molar-refractivity contribution is 5.79. The van der Waals surface area contributed by atoms with E-state index in [1.165, 1.54) is 5.56 Å². The van der Waals surface area contributed by atoms with Crippen LogP contribution in [-0.2, 0) is 11.2 Å². The van der Waals surface area contributed by atoms with E-state index in [1.54, 1.807) is 12.4 Å². The van der Waals surface area contributed by atoms with Gasteiger partial charge in [-0.05, 0) is 49.4 Å². The van der Waals surface area contributed by atoms with Gasteiger partial charge in [-0.25, -0.2) is 9.97 Å². The number of nitrogens with zero attached hydrogens (tertiary/aromatic N) is 3. The average molecular weight is 431 g/mol. The van der Waals surface area contributed by atoms with E-state index in [0.29, 0.717) is 5.88 Å². The van der Waals surface area contributed by atoms with E-state index < -0.39 is 0 Å². The zero-order valence-electron chi connectivity index (χ0n) is 18.7. The highest BCUT2D eigenvalue weighted by Crippen LogP contribution is 2.31. The number of benzene rings is 2.